The summed E-state index contributed by atoms with van der Waals surface area (Å²) < 4.78 is 10.9. The summed E-state index contributed by atoms with van der Waals surface area (Å²) in [5.74, 6) is 0. The van der Waals surface area contributed by atoms with Gasteiger partial charge in [-0.3, -0.25) is 0 Å². The van der Waals surface area contributed by atoms with E-state index in [9.17, 15) is 4.79 Å². The number of hydrogen-bond acceptors (Lipinski definition) is 4. The van der Waals surface area contributed by atoms with Crippen molar-refractivity contribution < 1.29 is 14.3 Å². The van der Waals surface area contributed by atoms with Gasteiger partial charge in [-0.05, 0) is 47.5 Å². The standard InChI is InChI=1S/C14H28N2O3/c1-11(9-15-12(17)19-13(2,3)4)16-10-14(5)7-6-8-18-14/h11,16H,6-10H2,1-5H3,(H,15,17). The van der Waals surface area contributed by atoms with E-state index in [0.717, 1.165) is 26.0 Å². The molecule has 2 N–H and O–H groups in total. The molecule has 0 aliphatic carbocycles. The minimum atomic E-state index is -0.452. The molecule has 1 fully saturated rings. The third-order valence-corrected chi connectivity index (χ3v) is 3.08. The van der Waals surface area contributed by atoms with Crippen molar-refractivity contribution in [2.75, 3.05) is 19.7 Å². The van der Waals surface area contributed by atoms with E-state index in [1.165, 1.54) is 0 Å². The van der Waals surface area contributed by atoms with Crippen molar-refractivity contribution in [3.05, 3.63) is 0 Å². The maximum atomic E-state index is 11.5. The molecule has 1 rings (SSSR count). The summed E-state index contributed by atoms with van der Waals surface area (Å²) in [5.41, 5.74) is -0.508. The molecule has 1 saturated heterocycles. The van der Waals surface area contributed by atoms with E-state index >= 15 is 0 Å². The smallest absolute Gasteiger partial charge is 0.407 e. The highest BCUT2D eigenvalue weighted by Gasteiger charge is 2.29. The molecule has 5 heteroatoms. The predicted octanol–water partition coefficient (Wildman–Crippen LogP) is 2.06. The lowest BCUT2D eigenvalue weighted by Crippen LogP contribution is -2.46. The Balaban J connectivity index is 2.17. The minimum absolute atomic E-state index is 0.0554. The Hall–Kier alpha value is -0.810. The van der Waals surface area contributed by atoms with Crippen LogP contribution in [0.4, 0.5) is 4.79 Å². The largest absolute Gasteiger partial charge is 0.444 e. The second kappa shape index (κ2) is 6.57. The number of amides is 1. The summed E-state index contributed by atoms with van der Waals surface area (Å²) in [7, 11) is 0. The molecule has 0 aromatic rings. The number of hydrogen-bond donors (Lipinski definition) is 2. The molecule has 1 heterocycles. The fraction of sp³-hybridized carbons (Fsp3) is 0.929. The van der Waals surface area contributed by atoms with Gasteiger partial charge in [0.15, 0.2) is 0 Å². The van der Waals surface area contributed by atoms with Gasteiger partial charge in [0.05, 0.1) is 5.60 Å². The summed E-state index contributed by atoms with van der Waals surface area (Å²) in [5, 5.41) is 6.15. The Morgan fingerprint density at radius 1 is 1.47 bits per heavy atom. The van der Waals surface area contributed by atoms with Crippen LogP contribution in [0.5, 0.6) is 0 Å². The van der Waals surface area contributed by atoms with Crippen LogP contribution in [-0.2, 0) is 9.47 Å². The van der Waals surface area contributed by atoms with Crippen LogP contribution in [-0.4, -0.2) is 43.0 Å². The van der Waals surface area contributed by atoms with E-state index in [2.05, 4.69) is 17.6 Å². The monoisotopic (exact) mass is 272 g/mol. The van der Waals surface area contributed by atoms with Crippen molar-refractivity contribution in [3.8, 4) is 0 Å². The van der Waals surface area contributed by atoms with Gasteiger partial charge in [-0.2, -0.15) is 0 Å². The van der Waals surface area contributed by atoms with Crippen molar-refractivity contribution in [3.63, 3.8) is 0 Å². The van der Waals surface area contributed by atoms with Gasteiger partial charge in [0.25, 0.3) is 0 Å². The molecule has 19 heavy (non-hydrogen) atoms. The Morgan fingerprint density at radius 3 is 2.68 bits per heavy atom. The van der Waals surface area contributed by atoms with Crippen molar-refractivity contribution >= 4 is 6.09 Å². The van der Waals surface area contributed by atoms with E-state index < -0.39 is 5.60 Å². The molecule has 1 aliphatic heterocycles. The fourth-order valence-electron chi connectivity index (χ4n) is 1.99. The maximum absolute atomic E-state index is 11.5. The number of carbonyl (C=O) groups excluding carboxylic acids is 1. The zero-order valence-electron chi connectivity index (χ0n) is 12.8. The van der Waals surface area contributed by atoms with Crippen LogP contribution in [0.3, 0.4) is 0 Å². The van der Waals surface area contributed by atoms with Crippen LogP contribution >= 0.6 is 0 Å². The Morgan fingerprint density at radius 2 is 2.16 bits per heavy atom. The van der Waals surface area contributed by atoms with Crippen LogP contribution < -0.4 is 10.6 Å². The van der Waals surface area contributed by atoms with Crippen LogP contribution in [0.15, 0.2) is 0 Å². The van der Waals surface area contributed by atoms with Gasteiger partial charge >= 0.3 is 6.09 Å². The van der Waals surface area contributed by atoms with Crippen molar-refractivity contribution in [2.24, 2.45) is 0 Å². The molecule has 112 valence electrons. The van der Waals surface area contributed by atoms with Crippen LogP contribution in [0, 0.1) is 0 Å². The third kappa shape index (κ3) is 6.78. The molecule has 0 saturated carbocycles. The lowest BCUT2D eigenvalue weighted by atomic mass is 10.0. The first kappa shape index (κ1) is 16.2. The quantitative estimate of drug-likeness (QED) is 0.804. The highest BCUT2D eigenvalue weighted by atomic mass is 16.6. The summed E-state index contributed by atoms with van der Waals surface area (Å²) in [6.07, 6.45) is 1.85. The summed E-state index contributed by atoms with van der Waals surface area (Å²) in [6, 6.07) is 0.188. The highest BCUT2D eigenvalue weighted by molar-refractivity contribution is 5.67. The van der Waals surface area contributed by atoms with Gasteiger partial charge in [-0.15, -0.1) is 0 Å². The normalized spacial score (nSPS) is 25.1. The van der Waals surface area contributed by atoms with Gasteiger partial charge in [0.1, 0.15) is 5.60 Å². The second-order valence-corrected chi connectivity index (χ2v) is 6.57. The number of ether oxygens (including phenoxy) is 2. The van der Waals surface area contributed by atoms with E-state index in [1.807, 2.05) is 27.7 Å². The molecule has 1 aliphatic rings. The zero-order valence-corrected chi connectivity index (χ0v) is 12.8. The zero-order chi connectivity index (χ0) is 14.5. The van der Waals surface area contributed by atoms with Gasteiger partial charge in [-0.1, -0.05) is 0 Å². The first-order valence-corrected chi connectivity index (χ1v) is 7.04. The third-order valence-electron chi connectivity index (χ3n) is 3.08. The van der Waals surface area contributed by atoms with E-state index in [1.54, 1.807) is 0 Å². The van der Waals surface area contributed by atoms with E-state index in [0.29, 0.717) is 6.54 Å². The fourth-order valence-corrected chi connectivity index (χ4v) is 1.99. The Bertz CT molecular complexity index is 294. The van der Waals surface area contributed by atoms with Crippen molar-refractivity contribution in [1.29, 1.82) is 0 Å². The molecule has 5 nitrogen and oxygen atoms in total. The molecule has 0 aromatic heterocycles. The summed E-state index contributed by atoms with van der Waals surface area (Å²) >= 11 is 0. The second-order valence-electron chi connectivity index (χ2n) is 6.57. The van der Waals surface area contributed by atoms with Crippen LogP contribution in [0.25, 0.3) is 0 Å². The Labute approximate surface area is 116 Å². The maximum Gasteiger partial charge on any atom is 0.407 e. The predicted molar refractivity (Wildman–Crippen MR) is 75.3 cm³/mol. The molecule has 2 atom stereocenters. The van der Waals surface area contributed by atoms with Gasteiger partial charge < -0.3 is 20.1 Å². The molecule has 0 spiro atoms. The first-order valence-electron chi connectivity index (χ1n) is 7.04. The molecule has 0 radical (unpaired) electrons. The van der Waals surface area contributed by atoms with Crippen molar-refractivity contribution in [2.45, 2.75) is 64.7 Å². The summed E-state index contributed by atoms with van der Waals surface area (Å²) in [4.78, 5) is 11.5. The van der Waals surface area contributed by atoms with Crippen LogP contribution in [0.1, 0.15) is 47.5 Å². The first-order chi connectivity index (χ1) is 8.70. The molecular formula is C14H28N2O3. The van der Waals surface area contributed by atoms with Crippen LogP contribution in [0.2, 0.25) is 0 Å². The van der Waals surface area contributed by atoms with Crippen molar-refractivity contribution in [1.82, 2.24) is 10.6 Å². The number of carbonyl (C=O) groups is 1. The van der Waals surface area contributed by atoms with Gasteiger partial charge in [-0.25, -0.2) is 4.79 Å². The molecule has 0 aromatic carbocycles. The van der Waals surface area contributed by atoms with E-state index in [4.69, 9.17) is 9.47 Å². The number of alkyl carbamates (subject to hydrolysis) is 1. The molecule has 1 amide bonds. The molecule has 2 unspecified atom stereocenters. The lowest BCUT2D eigenvalue weighted by molar-refractivity contribution is 0.0190. The van der Waals surface area contributed by atoms with Gasteiger partial charge in [0.2, 0.25) is 0 Å². The highest BCUT2D eigenvalue weighted by Crippen LogP contribution is 2.23. The SMILES string of the molecule is CC(CNC(=O)OC(C)(C)C)NCC1(C)CCCO1. The van der Waals surface area contributed by atoms with E-state index in [-0.39, 0.29) is 17.7 Å². The lowest BCUT2D eigenvalue weighted by Gasteiger charge is -2.26. The topological polar surface area (TPSA) is 59.6 Å². The number of rotatable bonds is 5. The summed E-state index contributed by atoms with van der Waals surface area (Å²) in [6.45, 7) is 11.9. The minimum Gasteiger partial charge on any atom is -0.444 e. The average Bonchev–Trinajstić information content (AvgIpc) is 2.69. The molecular weight excluding hydrogens is 244 g/mol. The number of nitrogens with one attached hydrogen (secondary N) is 2. The molecule has 0 bridgehead atoms. The van der Waals surface area contributed by atoms with Gasteiger partial charge in [0, 0.05) is 25.7 Å². The Kier molecular flexibility index (Phi) is 5.62. The average molecular weight is 272 g/mol.